The van der Waals surface area contributed by atoms with E-state index < -0.39 is 0 Å². The van der Waals surface area contributed by atoms with E-state index in [0.717, 1.165) is 55.9 Å². The molecule has 0 saturated heterocycles. The summed E-state index contributed by atoms with van der Waals surface area (Å²) in [4.78, 5) is 21.2. The number of hydrogen-bond donors (Lipinski definition) is 0. The maximum Gasteiger partial charge on any atom is 0.323 e. The Morgan fingerprint density at radius 2 is 1.68 bits per heavy atom. The lowest BCUT2D eigenvalue weighted by Gasteiger charge is -2.06. The zero-order valence-corrected chi connectivity index (χ0v) is 22.1. The number of nitrogens with zero attached hydrogens (tertiary/aromatic N) is 6. The zero-order chi connectivity index (χ0) is 27.8. The van der Waals surface area contributed by atoms with Gasteiger partial charge in [-0.3, -0.25) is 10.1 Å². The van der Waals surface area contributed by atoms with Crippen molar-refractivity contribution >= 4 is 51.1 Å². The molecule has 0 N–H and O–H groups in total. The standard InChI is InChI=1S/C32H27N6O2/c1-4-19-36-29(37(20-5-2)32-31(36)33-26-13-9-10-14-27(26)34-32)18-16-24-25-21-23(38(39)40)15-17-28(25)35(3)30(24)22-11-7-6-8-12-22/h4-18,21H,1-2,19-20H2,3H3/q+1. The molecule has 6 rings (SSSR count). The average Bonchev–Trinajstić information content (AvgIpc) is 3.41. The highest BCUT2D eigenvalue weighted by Gasteiger charge is 2.25. The smallest absolute Gasteiger partial charge is 0.323 e. The van der Waals surface area contributed by atoms with E-state index in [1.165, 1.54) is 0 Å². The Morgan fingerprint density at radius 3 is 2.38 bits per heavy atom. The van der Waals surface area contributed by atoms with E-state index in [9.17, 15) is 10.1 Å². The Labute approximate surface area is 230 Å². The minimum atomic E-state index is -0.357. The van der Waals surface area contributed by atoms with E-state index in [-0.39, 0.29) is 10.6 Å². The number of allylic oxidation sites excluding steroid dienone is 2. The third-order valence-corrected chi connectivity index (χ3v) is 7.10. The van der Waals surface area contributed by atoms with Gasteiger partial charge in [0.25, 0.3) is 11.3 Å². The molecule has 3 aromatic carbocycles. The second kappa shape index (κ2) is 10.1. The first kappa shape index (κ1) is 24.9. The number of nitro groups is 1. The number of hydrogen-bond acceptors (Lipinski definition) is 4. The van der Waals surface area contributed by atoms with Crippen LogP contribution in [0.25, 0.3) is 56.6 Å². The van der Waals surface area contributed by atoms with E-state index in [2.05, 4.69) is 26.9 Å². The maximum atomic E-state index is 11.7. The molecule has 0 radical (unpaired) electrons. The molecule has 0 aliphatic rings. The Balaban J connectivity index is 1.65. The molecular weight excluding hydrogens is 500 g/mol. The van der Waals surface area contributed by atoms with Crippen LogP contribution < -0.4 is 4.57 Å². The van der Waals surface area contributed by atoms with Gasteiger partial charge in [-0.05, 0) is 29.8 Å². The quantitative estimate of drug-likeness (QED) is 0.0982. The summed E-state index contributed by atoms with van der Waals surface area (Å²) in [6.07, 6.45) is 7.73. The van der Waals surface area contributed by atoms with Gasteiger partial charge in [-0.15, -0.1) is 0 Å². The van der Waals surface area contributed by atoms with Crippen molar-refractivity contribution in [2.75, 3.05) is 0 Å². The van der Waals surface area contributed by atoms with Crippen LogP contribution in [-0.4, -0.2) is 24.0 Å². The van der Waals surface area contributed by atoms with Crippen LogP contribution >= 0.6 is 0 Å². The van der Waals surface area contributed by atoms with Crippen LogP contribution in [0.3, 0.4) is 0 Å². The summed E-state index contributed by atoms with van der Waals surface area (Å²) in [7, 11) is 1.99. The third-order valence-electron chi connectivity index (χ3n) is 7.10. The molecule has 0 saturated carbocycles. The number of benzene rings is 3. The van der Waals surface area contributed by atoms with E-state index >= 15 is 0 Å². The number of fused-ring (bicyclic) bond motifs is 3. The first-order valence-corrected chi connectivity index (χ1v) is 12.9. The predicted molar refractivity (Wildman–Crippen MR) is 160 cm³/mol. The summed E-state index contributed by atoms with van der Waals surface area (Å²) in [5.41, 5.74) is 6.95. The molecule has 0 bridgehead atoms. The molecule has 0 unspecified atom stereocenters. The van der Waals surface area contributed by atoms with Gasteiger partial charge in [0.2, 0.25) is 5.82 Å². The van der Waals surface area contributed by atoms with Crippen molar-refractivity contribution in [3.8, 4) is 11.3 Å². The number of non-ortho nitro benzene ring substituents is 1. The highest BCUT2D eigenvalue weighted by molar-refractivity contribution is 6.00. The normalized spacial score (nSPS) is 11.6. The summed E-state index contributed by atoms with van der Waals surface area (Å²) in [6.45, 7) is 9.00. The number of para-hydroxylation sites is 2. The van der Waals surface area contributed by atoms with Crippen molar-refractivity contribution in [3.63, 3.8) is 0 Å². The van der Waals surface area contributed by atoms with Gasteiger partial charge in [-0.25, -0.2) is 14.1 Å². The van der Waals surface area contributed by atoms with Crippen molar-refractivity contribution in [3.05, 3.63) is 120 Å². The lowest BCUT2D eigenvalue weighted by molar-refractivity contribution is -0.665. The van der Waals surface area contributed by atoms with Crippen molar-refractivity contribution in [2.24, 2.45) is 7.05 Å². The van der Waals surface area contributed by atoms with Crippen molar-refractivity contribution in [1.29, 1.82) is 0 Å². The molecule has 8 nitrogen and oxygen atoms in total. The molecule has 196 valence electrons. The number of imidazole rings is 1. The summed E-state index contributed by atoms with van der Waals surface area (Å²) >= 11 is 0. The molecule has 40 heavy (non-hydrogen) atoms. The van der Waals surface area contributed by atoms with Crippen LogP contribution in [0.2, 0.25) is 0 Å². The molecule has 8 heteroatoms. The fourth-order valence-electron chi connectivity index (χ4n) is 5.35. The molecule has 0 spiro atoms. The molecule has 6 aromatic rings. The number of aromatic nitrogens is 5. The first-order valence-electron chi connectivity index (χ1n) is 12.9. The molecule has 3 heterocycles. The highest BCUT2D eigenvalue weighted by Crippen LogP contribution is 2.36. The van der Waals surface area contributed by atoms with Crippen LogP contribution in [0.1, 0.15) is 11.4 Å². The van der Waals surface area contributed by atoms with Gasteiger partial charge in [0.1, 0.15) is 5.52 Å². The van der Waals surface area contributed by atoms with Crippen LogP contribution in [0, 0.1) is 10.1 Å². The second-order valence-electron chi connectivity index (χ2n) is 9.50. The van der Waals surface area contributed by atoms with Crippen molar-refractivity contribution < 1.29 is 9.49 Å². The molecule has 0 atom stereocenters. The Morgan fingerprint density at radius 1 is 0.950 bits per heavy atom. The monoisotopic (exact) mass is 527 g/mol. The average molecular weight is 528 g/mol. The molecule has 3 aromatic heterocycles. The third kappa shape index (κ3) is 4.06. The van der Waals surface area contributed by atoms with Crippen molar-refractivity contribution in [1.82, 2.24) is 19.1 Å². The first-order chi connectivity index (χ1) is 19.5. The minimum absolute atomic E-state index is 0.0509. The van der Waals surface area contributed by atoms with Crippen LogP contribution in [-0.2, 0) is 20.1 Å². The van der Waals surface area contributed by atoms with Gasteiger partial charge >= 0.3 is 5.65 Å². The van der Waals surface area contributed by atoms with Gasteiger partial charge < -0.3 is 4.57 Å². The van der Waals surface area contributed by atoms with Gasteiger partial charge in [0.05, 0.1) is 23.7 Å². The second-order valence-corrected chi connectivity index (χ2v) is 9.50. The SMILES string of the molecule is C=CCn1c(/C=C/c2c(-c3ccccc3)n(C)c3ccc([N+](=O)[O-])cc23)[n+](CC=C)c2nc3ccccc3nc21. The lowest BCUT2D eigenvalue weighted by Crippen LogP contribution is -2.36. The van der Waals surface area contributed by atoms with Gasteiger partial charge in [0.15, 0.2) is 5.52 Å². The Bertz CT molecular complexity index is 1920. The Kier molecular flexibility index (Phi) is 6.28. The fraction of sp³-hybridized carbons (Fsp3) is 0.0938. The Hall–Kier alpha value is -5.37. The molecule has 0 fully saturated rings. The van der Waals surface area contributed by atoms with E-state index in [0.29, 0.717) is 13.1 Å². The summed E-state index contributed by atoms with van der Waals surface area (Å²) in [5, 5.41) is 12.5. The number of aryl methyl sites for hydroxylation is 1. The zero-order valence-electron chi connectivity index (χ0n) is 22.1. The summed E-state index contributed by atoms with van der Waals surface area (Å²) in [6, 6.07) is 22.9. The molecule has 0 amide bonds. The van der Waals surface area contributed by atoms with Gasteiger partial charge in [-0.2, -0.15) is 0 Å². The van der Waals surface area contributed by atoms with Crippen LogP contribution in [0.15, 0.2) is 98.1 Å². The fourth-order valence-corrected chi connectivity index (χ4v) is 5.35. The van der Waals surface area contributed by atoms with Gasteiger partial charge in [-0.1, -0.05) is 72.8 Å². The molecule has 0 aliphatic heterocycles. The summed E-state index contributed by atoms with van der Waals surface area (Å²) in [5.74, 6) is 0.867. The van der Waals surface area contributed by atoms with E-state index in [1.54, 1.807) is 12.1 Å². The maximum absolute atomic E-state index is 11.7. The number of nitro benzene ring substituents is 1. The predicted octanol–water partition coefficient (Wildman–Crippen LogP) is 6.48. The highest BCUT2D eigenvalue weighted by atomic mass is 16.6. The topological polar surface area (TPSA) is 82.7 Å². The molecule has 0 aliphatic carbocycles. The van der Waals surface area contributed by atoms with Gasteiger partial charge in [0, 0.05) is 41.7 Å². The van der Waals surface area contributed by atoms with Crippen LogP contribution in [0.4, 0.5) is 5.69 Å². The van der Waals surface area contributed by atoms with Crippen LogP contribution in [0.5, 0.6) is 0 Å². The largest absolute Gasteiger partial charge is 0.343 e. The molecular formula is C32H27N6O2+. The van der Waals surface area contributed by atoms with Crippen molar-refractivity contribution in [2.45, 2.75) is 13.1 Å². The summed E-state index contributed by atoms with van der Waals surface area (Å²) < 4.78 is 6.25. The van der Waals surface area contributed by atoms with E-state index in [4.69, 9.17) is 9.97 Å². The number of rotatable bonds is 8. The minimum Gasteiger partial charge on any atom is -0.343 e. The van der Waals surface area contributed by atoms with E-state index in [1.807, 2.05) is 92.0 Å². The lowest BCUT2D eigenvalue weighted by atomic mass is 10.0.